The van der Waals surface area contributed by atoms with E-state index in [1.54, 1.807) is 0 Å². The first-order valence-corrected chi connectivity index (χ1v) is 8.11. The molecule has 2 rings (SSSR count). The van der Waals surface area contributed by atoms with Crippen molar-refractivity contribution in [2.45, 2.75) is 18.7 Å². The Morgan fingerprint density at radius 1 is 1.21 bits per heavy atom. The van der Waals surface area contributed by atoms with Crippen LogP contribution in [0, 0.1) is 0 Å². The highest BCUT2D eigenvalue weighted by atomic mass is 32.2. The molecule has 1 aliphatic heterocycles. The van der Waals surface area contributed by atoms with Gasteiger partial charge in [-0.1, -0.05) is 30.3 Å². The van der Waals surface area contributed by atoms with Gasteiger partial charge < -0.3 is 10.2 Å². The molecule has 19 heavy (non-hydrogen) atoms. The molecular formula is C13H19NO4S. The van der Waals surface area contributed by atoms with Crippen molar-refractivity contribution in [2.24, 2.45) is 0 Å². The lowest BCUT2D eigenvalue weighted by Crippen LogP contribution is -2.44. The zero-order valence-electron chi connectivity index (χ0n) is 10.6. The van der Waals surface area contributed by atoms with Gasteiger partial charge in [0, 0.05) is 13.1 Å². The third kappa shape index (κ3) is 3.76. The van der Waals surface area contributed by atoms with Crippen LogP contribution in [0.2, 0.25) is 0 Å². The number of benzene rings is 1. The van der Waals surface area contributed by atoms with Crippen molar-refractivity contribution in [3.63, 3.8) is 0 Å². The molecule has 1 aromatic rings. The smallest absolute Gasteiger partial charge is 0.154 e. The third-order valence-electron chi connectivity index (χ3n) is 3.38. The molecule has 1 heterocycles. The second-order valence-corrected chi connectivity index (χ2v) is 7.05. The minimum absolute atomic E-state index is 0.0407. The van der Waals surface area contributed by atoms with Gasteiger partial charge in [-0.25, -0.2) is 8.42 Å². The van der Waals surface area contributed by atoms with E-state index in [1.165, 1.54) is 0 Å². The van der Waals surface area contributed by atoms with Gasteiger partial charge in [-0.3, -0.25) is 4.90 Å². The van der Waals surface area contributed by atoms with Crippen LogP contribution >= 0.6 is 0 Å². The lowest BCUT2D eigenvalue weighted by atomic mass is 10.1. The molecule has 0 saturated carbocycles. The van der Waals surface area contributed by atoms with Crippen molar-refractivity contribution in [1.82, 2.24) is 4.90 Å². The van der Waals surface area contributed by atoms with E-state index >= 15 is 0 Å². The van der Waals surface area contributed by atoms with Crippen molar-refractivity contribution in [3.05, 3.63) is 35.9 Å². The number of aliphatic hydroxyl groups is 2. The number of aliphatic hydroxyl groups excluding tert-OH is 2. The highest BCUT2D eigenvalue weighted by Crippen LogP contribution is 2.20. The van der Waals surface area contributed by atoms with Gasteiger partial charge in [0.15, 0.2) is 9.84 Å². The van der Waals surface area contributed by atoms with E-state index in [2.05, 4.69) is 0 Å². The normalized spacial score (nSPS) is 25.8. The van der Waals surface area contributed by atoms with Crippen LogP contribution in [-0.2, 0) is 16.4 Å². The Labute approximate surface area is 113 Å². The SMILES string of the molecule is O=S1(=O)C[C@H](O)[C@@H](N(CCO)Cc2ccccc2)C1. The largest absolute Gasteiger partial charge is 0.395 e. The molecule has 1 fully saturated rings. The fraction of sp³-hybridized carbons (Fsp3) is 0.538. The first kappa shape index (κ1) is 14.5. The average Bonchev–Trinajstić information content (AvgIpc) is 2.63. The Morgan fingerprint density at radius 3 is 2.42 bits per heavy atom. The Hall–Kier alpha value is -0.950. The molecule has 0 amide bonds. The first-order valence-electron chi connectivity index (χ1n) is 6.29. The van der Waals surface area contributed by atoms with Gasteiger partial charge in [0.2, 0.25) is 0 Å². The van der Waals surface area contributed by atoms with Crippen LogP contribution in [0.4, 0.5) is 0 Å². The van der Waals surface area contributed by atoms with Gasteiger partial charge >= 0.3 is 0 Å². The number of nitrogens with zero attached hydrogens (tertiary/aromatic N) is 1. The minimum Gasteiger partial charge on any atom is -0.395 e. The topological polar surface area (TPSA) is 77.8 Å². The molecule has 2 atom stereocenters. The number of hydrogen-bond acceptors (Lipinski definition) is 5. The highest BCUT2D eigenvalue weighted by molar-refractivity contribution is 7.91. The maximum absolute atomic E-state index is 11.6. The van der Waals surface area contributed by atoms with E-state index in [4.69, 9.17) is 5.11 Å². The summed E-state index contributed by atoms with van der Waals surface area (Å²) in [5.41, 5.74) is 1.03. The van der Waals surface area contributed by atoms with E-state index in [0.717, 1.165) is 5.56 Å². The fourth-order valence-corrected chi connectivity index (χ4v) is 4.30. The van der Waals surface area contributed by atoms with Crippen molar-refractivity contribution in [1.29, 1.82) is 0 Å². The standard InChI is InChI=1S/C13H19NO4S/c15-7-6-14(8-11-4-2-1-3-5-11)12-9-19(17,18)10-13(12)16/h1-5,12-13,15-16H,6-10H2/t12-,13-/m0/s1. The van der Waals surface area contributed by atoms with Crippen LogP contribution < -0.4 is 0 Å². The monoisotopic (exact) mass is 285 g/mol. The number of rotatable bonds is 5. The second kappa shape index (κ2) is 6.00. The summed E-state index contributed by atoms with van der Waals surface area (Å²) in [4.78, 5) is 1.84. The summed E-state index contributed by atoms with van der Waals surface area (Å²) in [6.45, 7) is 0.820. The molecule has 1 saturated heterocycles. The predicted molar refractivity (Wildman–Crippen MR) is 72.4 cm³/mol. The quantitative estimate of drug-likeness (QED) is 0.772. The van der Waals surface area contributed by atoms with Crippen molar-refractivity contribution >= 4 is 9.84 Å². The average molecular weight is 285 g/mol. The summed E-state index contributed by atoms with van der Waals surface area (Å²) in [5, 5.41) is 19.0. The molecule has 0 spiro atoms. The fourth-order valence-electron chi connectivity index (χ4n) is 2.47. The van der Waals surface area contributed by atoms with Crippen molar-refractivity contribution in [3.8, 4) is 0 Å². The summed E-state index contributed by atoms with van der Waals surface area (Å²) >= 11 is 0. The first-order chi connectivity index (χ1) is 9.02. The molecule has 0 bridgehead atoms. The van der Waals surface area contributed by atoms with Crippen LogP contribution in [0.15, 0.2) is 30.3 Å². The highest BCUT2D eigenvalue weighted by Gasteiger charge is 2.39. The lowest BCUT2D eigenvalue weighted by Gasteiger charge is -2.29. The molecule has 6 heteroatoms. The van der Waals surface area contributed by atoms with Crippen LogP contribution in [0.5, 0.6) is 0 Å². The minimum atomic E-state index is -3.17. The van der Waals surface area contributed by atoms with Gasteiger partial charge in [-0.2, -0.15) is 0 Å². The zero-order chi connectivity index (χ0) is 13.9. The maximum Gasteiger partial charge on any atom is 0.154 e. The van der Waals surface area contributed by atoms with Crippen LogP contribution in [-0.4, -0.2) is 60.3 Å². The summed E-state index contributed by atoms with van der Waals surface area (Å²) in [7, 11) is -3.17. The molecule has 0 aliphatic carbocycles. The van der Waals surface area contributed by atoms with Crippen LogP contribution in [0.25, 0.3) is 0 Å². The zero-order valence-corrected chi connectivity index (χ0v) is 11.5. The third-order valence-corrected chi connectivity index (χ3v) is 5.08. The molecule has 0 radical (unpaired) electrons. The van der Waals surface area contributed by atoms with Gasteiger partial charge in [0.1, 0.15) is 0 Å². The number of hydrogen-bond donors (Lipinski definition) is 2. The van der Waals surface area contributed by atoms with Gasteiger partial charge in [-0.05, 0) is 5.56 Å². The molecule has 0 aromatic heterocycles. The molecule has 1 aliphatic rings. The van der Waals surface area contributed by atoms with Gasteiger partial charge in [-0.15, -0.1) is 0 Å². The Balaban J connectivity index is 2.12. The molecule has 0 unspecified atom stereocenters. The van der Waals surface area contributed by atoms with E-state index in [9.17, 15) is 13.5 Å². The van der Waals surface area contributed by atoms with E-state index < -0.39 is 22.0 Å². The summed E-state index contributed by atoms with van der Waals surface area (Å²) in [6, 6.07) is 9.19. The van der Waals surface area contributed by atoms with Gasteiger partial charge in [0.25, 0.3) is 0 Å². The second-order valence-electron chi connectivity index (χ2n) is 4.89. The van der Waals surface area contributed by atoms with E-state index in [1.807, 2.05) is 35.2 Å². The summed E-state index contributed by atoms with van der Waals surface area (Å²) < 4.78 is 23.1. The van der Waals surface area contributed by atoms with Gasteiger partial charge in [0.05, 0.1) is 30.3 Å². The molecule has 5 nitrogen and oxygen atoms in total. The Morgan fingerprint density at radius 2 is 1.89 bits per heavy atom. The van der Waals surface area contributed by atoms with E-state index in [0.29, 0.717) is 13.1 Å². The summed E-state index contributed by atoms with van der Waals surface area (Å²) in [5.74, 6) is -0.227. The lowest BCUT2D eigenvalue weighted by molar-refractivity contribution is 0.0655. The predicted octanol–water partition coefficient (Wildman–Crippen LogP) is -0.361. The van der Waals surface area contributed by atoms with Crippen molar-refractivity contribution < 1.29 is 18.6 Å². The maximum atomic E-state index is 11.6. The van der Waals surface area contributed by atoms with Crippen LogP contribution in [0.1, 0.15) is 5.56 Å². The molecular weight excluding hydrogens is 266 g/mol. The van der Waals surface area contributed by atoms with Crippen LogP contribution in [0.3, 0.4) is 0 Å². The van der Waals surface area contributed by atoms with E-state index in [-0.39, 0.29) is 18.1 Å². The Kier molecular flexibility index (Phi) is 4.57. The molecule has 2 N–H and O–H groups in total. The van der Waals surface area contributed by atoms with Crippen molar-refractivity contribution in [2.75, 3.05) is 24.7 Å². The molecule has 106 valence electrons. The Bertz CT molecular complexity index is 503. The number of sulfone groups is 1. The molecule has 1 aromatic carbocycles. The summed E-state index contributed by atoms with van der Waals surface area (Å²) in [6.07, 6.45) is -0.875.